The first kappa shape index (κ1) is 13.7. The van der Waals surface area contributed by atoms with Crippen LogP contribution in [0.2, 0.25) is 0 Å². The Morgan fingerprint density at radius 2 is 2.11 bits per heavy atom. The highest BCUT2D eigenvalue weighted by Crippen LogP contribution is 2.16. The van der Waals surface area contributed by atoms with Gasteiger partial charge < -0.3 is 5.32 Å². The summed E-state index contributed by atoms with van der Waals surface area (Å²) in [7, 11) is 0. The fourth-order valence-electron chi connectivity index (χ4n) is 2.11. The van der Waals surface area contributed by atoms with E-state index < -0.39 is 0 Å². The summed E-state index contributed by atoms with van der Waals surface area (Å²) in [4.78, 5) is 8.82. The maximum absolute atomic E-state index is 4.64. The molecule has 0 amide bonds. The minimum Gasteiger partial charge on any atom is -0.308 e. The van der Waals surface area contributed by atoms with E-state index in [1.54, 1.807) is 0 Å². The summed E-state index contributed by atoms with van der Waals surface area (Å²) in [5, 5.41) is 3.57. The Morgan fingerprint density at radius 1 is 1.21 bits per heavy atom. The molecule has 0 radical (unpaired) electrons. The lowest BCUT2D eigenvalue weighted by atomic mass is 10.0. The Kier molecular flexibility index (Phi) is 5.04. The lowest BCUT2D eigenvalue weighted by Crippen LogP contribution is -2.25. The molecule has 1 N–H and O–H groups in total. The molecule has 0 aromatic carbocycles. The maximum atomic E-state index is 4.64. The summed E-state index contributed by atoms with van der Waals surface area (Å²) >= 11 is 0. The number of rotatable bonds is 6. The van der Waals surface area contributed by atoms with Crippen molar-refractivity contribution in [3.05, 3.63) is 59.7 Å². The largest absolute Gasteiger partial charge is 0.308 e. The molecule has 100 valence electrons. The van der Waals surface area contributed by atoms with E-state index in [0.29, 0.717) is 0 Å². The normalized spacial score (nSPS) is 12.3. The molecule has 19 heavy (non-hydrogen) atoms. The van der Waals surface area contributed by atoms with Crippen LogP contribution in [-0.2, 0) is 6.42 Å². The zero-order chi connectivity index (χ0) is 13.5. The Balaban J connectivity index is 2.16. The highest BCUT2D eigenvalue weighted by molar-refractivity contribution is 5.18. The van der Waals surface area contributed by atoms with Crippen LogP contribution >= 0.6 is 0 Å². The van der Waals surface area contributed by atoms with Crippen LogP contribution in [0.5, 0.6) is 0 Å². The lowest BCUT2D eigenvalue weighted by molar-refractivity contribution is 0.516. The molecule has 2 aromatic heterocycles. The average Bonchev–Trinajstić information content (AvgIpc) is 2.44. The van der Waals surface area contributed by atoms with Gasteiger partial charge in [0.25, 0.3) is 0 Å². The number of hydrogen-bond acceptors (Lipinski definition) is 3. The van der Waals surface area contributed by atoms with Crippen molar-refractivity contribution < 1.29 is 0 Å². The Labute approximate surface area is 115 Å². The van der Waals surface area contributed by atoms with Crippen molar-refractivity contribution in [3.8, 4) is 0 Å². The molecule has 0 saturated carbocycles. The SMILES string of the molecule is CCCNC(Cc1cccnc1)c1cccc(C)n1. The van der Waals surface area contributed by atoms with Crippen LogP contribution in [0.25, 0.3) is 0 Å². The van der Waals surface area contributed by atoms with Crippen molar-refractivity contribution in [3.63, 3.8) is 0 Å². The minimum absolute atomic E-state index is 0.254. The van der Waals surface area contributed by atoms with E-state index >= 15 is 0 Å². The molecule has 1 unspecified atom stereocenters. The van der Waals surface area contributed by atoms with Gasteiger partial charge in [-0.2, -0.15) is 0 Å². The van der Waals surface area contributed by atoms with Gasteiger partial charge in [-0.1, -0.05) is 19.1 Å². The molecule has 3 heteroatoms. The monoisotopic (exact) mass is 255 g/mol. The first-order chi connectivity index (χ1) is 9.29. The zero-order valence-corrected chi connectivity index (χ0v) is 11.6. The Hall–Kier alpha value is -1.74. The predicted octanol–water partition coefficient (Wildman–Crippen LogP) is 3.07. The quantitative estimate of drug-likeness (QED) is 0.862. The van der Waals surface area contributed by atoms with E-state index in [0.717, 1.165) is 30.8 Å². The van der Waals surface area contributed by atoms with Crippen LogP contribution in [0.15, 0.2) is 42.7 Å². The lowest BCUT2D eigenvalue weighted by Gasteiger charge is -2.18. The van der Waals surface area contributed by atoms with E-state index in [1.807, 2.05) is 31.5 Å². The van der Waals surface area contributed by atoms with Gasteiger partial charge in [-0.15, -0.1) is 0 Å². The molecule has 2 aromatic rings. The molecule has 1 atom stereocenters. The number of pyridine rings is 2. The van der Waals surface area contributed by atoms with Crippen LogP contribution in [0.3, 0.4) is 0 Å². The van der Waals surface area contributed by atoms with Crippen LogP contribution in [0.1, 0.15) is 36.3 Å². The third kappa shape index (κ3) is 4.14. The molecule has 3 nitrogen and oxygen atoms in total. The van der Waals surface area contributed by atoms with Crippen molar-refractivity contribution in [1.82, 2.24) is 15.3 Å². The average molecular weight is 255 g/mol. The molecule has 0 bridgehead atoms. The van der Waals surface area contributed by atoms with Gasteiger partial charge in [-0.05, 0) is 50.1 Å². The Morgan fingerprint density at radius 3 is 2.79 bits per heavy atom. The number of aryl methyl sites for hydroxylation is 1. The van der Waals surface area contributed by atoms with Crippen LogP contribution in [-0.4, -0.2) is 16.5 Å². The molecule has 0 spiro atoms. The van der Waals surface area contributed by atoms with Crippen molar-refractivity contribution in [2.75, 3.05) is 6.54 Å². The van der Waals surface area contributed by atoms with Crippen LogP contribution < -0.4 is 5.32 Å². The zero-order valence-electron chi connectivity index (χ0n) is 11.6. The fraction of sp³-hybridized carbons (Fsp3) is 0.375. The van der Waals surface area contributed by atoms with Crippen molar-refractivity contribution in [1.29, 1.82) is 0 Å². The first-order valence-corrected chi connectivity index (χ1v) is 6.85. The third-order valence-electron chi connectivity index (χ3n) is 3.07. The number of nitrogens with one attached hydrogen (secondary N) is 1. The second-order valence-corrected chi connectivity index (χ2v) is 4.78. The molecular weight excluding hydrogens is 234 g/mol. The van der Waals surface area contributed by atoms with Gasteiger partial charge in [0.15, 0.2) is 0 Å². The molecule has 2 heterocycles. The van der Waals surface area contributed by atoms with Gasteiger partial charge in [-0.25, -0.2) is 0 Å². The number of aromatic nitrogens is 2. The molecule has 0 aliphatic carbocycles. The van der Waals surface area contributed by atoms with Gasteiger partial charge in [0.2, 0.25) is 0 Å². The highest BCUT2D eigenvalue weighted by Gasteiger charge is 2.13. The van der Waals surface area contributed by atoms with Gasteiger partial charge >= 0.3 is 0 Å². The highest BCUT2D eigenvalue weighted by atomic mass is 14.9. The van der Waals surface area contributed by atoms with Gasteiger partial charge in [0.1, 0.15) is 0 Å². The number of nitrogens with zero attached hydrogens (tertiary/aromatic N) is 2. The van der Waals surface area contributed by atoms with Gasteiger partial charge in [-0.3, -0.25) is 9.97 Å². The summed E-state index contributed by atoms with van der Waals surface area (Å²) in [6.45, 7) is 5.21. The molecule has 0 aliphatic heterocycles. The Bertz CT molecular complexity index is 496. The predicted molar refractivity (Wildman–Crippen MR) is 77.9 cm³/mol. The van der Waals surface area contributed by atoms with E-state index in [1.165, 1.54) is 5.56 Å². The fourth-order valence-corrected chi connectivity index (χ4v) is 2.11. The van der Waals surface area contributed by atoms with Gasteiger partial charge in [0.05, 0.1) is 11.7 Å². The summed E-state index contributed by atoms with van der Waals surface area (Å²) in [6.07, 6.45) is 5.78. The van der Waals surface area contributed by atoms with E-state index in [2.05, 4.69) is 40.4 Å². The molecule has 0 saturated heterocycles. The second-order valence-electron chi connectivity index (χ2n) is 4.78. The maximum Gasteiger partial charge on any atom is 0.0579 e. The van der Waals surface area contributed by atoms with Crippen LogP contribution in [0, 0.1) is 6.92 Å². The second kappa shape index (κ2) is 7.00. The molecule has 2 rings (SSSR count). The summed E-state index contributed by atoms with van der Waals surface area (Å²) in [6, 6.07) is 10.5. The standard InChI is InChI=1S/C16H21N3/c1-3-9-18-16(11-14-7-5-10-17-12-14)15-8-4-6-13(2)19-15/h4-8,10,12,16,18H,3,9,11H2,1-2H3. The van der Waals surface area contributed by atoms with Gasteiger partial charge in [0, 0.05) is 18.1 Å². The summed E-state index contributed by atoms with van der Waals surface area (Å²) in [5.74, 6) is 0. The molecule has 0 fully saturated rings. The first-order valence-electron chi connectivity index (χ1n) is 6.85. The molecular formula is C16H21N3. The van der Waals surface area contributed by atoms with Crippen LogP contribution in [0.4, 0.5) is 0 Å². The van der Waals surface area contributed by atoms with E-state index in [-0.39, 0.29) is 6.04 Å². The topological polar surface area (TPSA) is 37.8 Å². The van der Waals surface area contributed by atoms with E-state index in [9.17, 15) is 0 Å². The number of hydrogen-bond donors (Lipinski definition) is 1. The molecule has 0 aliphatic rings. The third-order valence-corrected chi connectivity index (χ3v) is 3.07. The van der Waals surface area contributed by atoms with E-state index in [4.69, 9.17) is 0 Å². The van der Waals surface area contributed by atoms with Crippen molar-refractivity contribution in [2.45, 2.75) is 32.7 Å². The van der Waals surface area contributed by atoms with Crippen molar-refractivity contribution >= 4 is 0 Å². The van der Waals surface area contributed by atoms with Crippen molar-refractivity contribution in [2.24, 2.45) is 0 Å². The smallest absolute Gasteiger partial charge is 0.0579 e. The summed E-state index contributed by atoms with van der Waals surface area (Å²) < 4.78 is 0. The summed E-state index contributed by atoms with van der Waals surface area (Å²) in [5.41, 5.74) is 3.41. The minimum atomic E-state index is 0.254.